The van der Waals surface area contributed by atoms with Gasteiger partial charge in [0.25, 0.3) is 5.91 Å². The molecule has 8 rings (SSSR count). The van der Waals surface area contributed by atoms with Crippen LogP contribution in [0.5, 0.6) is 0 Å². The third kappa shape index (κ3) is 4.80. The van der Waals surface area contributed by atoms with Crippen LogP contribution < -0.4 is 0 Å². The Labute approximate surface area is 259 Å². The molecule has 3 fully saturated rings. The summed E-state index contributed by atoms with van der Waals surface area (Å²) >= 11 is 0. The lowest BCUT2D eigenvalue weighted by Crippen LogP contribution is -2.49. The van der Waals surface area contributed by atoms with Crippen molar-refractivity contribution in [2.75, 3.05) is 19.6 Å². The van der Waals surface area contributed by atoms with Crippen molar-refractivity contribution in [3.05, 3.63) is 108 Å². The number of aromatic nitrogens is 3. The van der Waals surface area contributed by atoms with E-state index in [0.717, 1.165) is 61.1 Å². The fourth-order valence-electron chi connectivity index (χ4n) is 8.75. The number of hydrogen-bond acceptors (Lipinski definition) is 4. The molecule has 3 aromatic carbocycles. The number of carbonyl (C=O) groups excluding carboxylic acids is 1. The Morgan fingerprint density at radius 3 is 2.23 bits per heavy atom. The normalized spacial score (nSPS) is 23.4. The molecular weight excluding hydrogens is 542 g/mol. The van der Waals surface area contributed by atoms with Gasteiger partial charge < -0.3 is 9.47 Å². The molecule has 5 aromatic rings. The fourth-order valence-corrected chi connectivity index (χ4v) is 8.75. The zero-order valence-corrected chi connectivity index (χ0v) is 25.6. The van der Waals surface area contributed by atoms with E-state index in [-0.39, 0.29) is 11.3 Å². The first-order valence-corrected chi connectivity index (χ1v) is 16.5. The number of hydrogen-bond donors (Lipinski definition) is 0. The molecule has 0 aliphatic carbocycles. The van der Waals surface area contributed by atoms with Crippen LogP contribution in [0, 0.1) is 6.92 Å². The van der Waals surface area contributed by atoms with Gasteiger partial charge in [-0.15, -0.1) is 0 Å². The predicted molar refractivity (Wildman–Crippen MR) is 176 cm³/mol. The monoisotopic (exact) mass is 583 g/mol. The van der Waals surface area contributed by atoms with Crippen LogP contribution >= 0.6 is 0 Å². The number of fused-ring (bicyclic) bond motifs is 4. The van der Waals surface area contributed by atoms with E-state index in [1.807, 2.05) is 41.3 Å². The van der Waals surface area contributed by atoms with Gasteiger partial charge in [-0.2, -0.15) is 0 Å². The Balaban J connectivity index is 0.979. The maximum absolute atomic E-state index is 13.6. The van der Waals surface area contributed by atoms with E-state index in [1.165, 1.54) is 36.8 Å². The molecule has 6 nitrogen and oxygen atoms in total. The summed E-state index contributed by atoms with van der Waals surface area (Å²) in [5, 5.41) is 1.07. The van der Waals surface area contributed by atoms with E-state index in [0.29, 0.717) is 23.8 Å². The van der Waals surface area contributed by atoms with Crippen molar-refractivity contribution >= 4 is 27.8 Å². The minimum atomic E-state index is 0.0554. The van der Waals surface area contributed by atoms with Crippen LogP contribution in [-0.2, 0) is 5.41 Å². The number of likely N-dealkylation sites (tertiary alicyclic amines) is 1. The highest BCUT2D eigenvalue weighted by Crippen LogP contribution is 2.45. The van der Waals surface area contributed by atoms with Crippen molar-refractivity contribution in [2.24, 2.45) is 0 Å². The topological polar surface area (TPSA) is 54.3 Å². The number of benzene rings is 3. The molecule has 0 spiro atoms. The summed E-state index contributed by atoms with van der Waals surface area (Å²) in [6, 6.07) is 33.4. The number of para-hydroxylation sites is 3. The quantitative estimate of drug-likeness (QED) is 0.210. The van der Waals surface area contributed by atoms with Crippen LogP contribution in [0.15, 0.2) is 91.0 Å². The van der Waals surface area contributed by atoms with Gasteiger partial charge in [-0.05, 0) is 93.7 Å². The second-order valence-corrected chi connectivity index (χ2v) is 13.3. The summed E-state index contributed by atoms with van der Waals surface area (Å²) in [6.45, 7) is 4.83. The molecule has 3 atom stereocenters. The molecule has 2 bridgehead atoms. The number of rotatable bonds is 6. The van der Waals surface area contributed by atoms with Crippen molar-refractivity contribution in [1.82, 2.24) is 24.3 Å². The molecule has 1 unspecified atom stereocenters. The summed E-state index contributed by atoms with van der Waals surface area (Å²) in [7, 11) is 0. The molecule has 3 aliphatic heterocycles. The number of amides is 1. The van der Waals surface area contributed by atoms with Crippen molar-refractivity contribution in [3.63, 3.8) is 0 Å². The van der Waals surface area contributed by atoms with E-state index in [9.17, 15) is 4.79 Å². The van der Waals surface area contributed by atoms with Gasteiger partial charge >= 0.3 is 0 Å². The molecule has 2 aromatic heterocycles. The molecule has 3 aliphatic rings. The Morgan fingerprint density at radius 2 is 1.45 bits per heavy atom. The van der Waals surface area contributed by atoms with Gasteiger partial charge in [0.2, 0.25) is 0 Å². The summed E-state index contributed by atoms with van der Waals surface area (Å²) in [4.78, 5) is 28.1. The number of aryl methyl sites for hydroxylation is 1. The minimum absolute atomic E-state index is 0.0554. The van der Waals surface area contributed by atoms with Crippen LogP contribution in [-0.4, -0.2) is 62.0 Å². The van der Waals surface area contributed by atoms with Gasteiger partial charge in [0, 0.05) is 36.6 Å². The lowest BCUT2D eigenvalue weighted by atomic mass is 9.70. The van der Waals surface area contributed by atoms with E-state index in [4.69, 9.17) is 9.97 Å². The van der Waals surface area contributed by atoms with Crippen LogP contribution in [0.25, 0.3) is 21.9 Å². The van der Waals surface area contributed by atoms with Gasteiger partial charge in [-0.1, -0.05) is 66.7 Å². The average Bonchev–Trinajstić information content (AvgIpc) is 3.54. The number of nitrogens with zero attached hydrogens (tertiary/aromatic N) is 5. The number of carbonyl (C=O) groups is 1. The zero-order chi connectivity index (χ0) is 29.7. The summed E-state index contributed by atoms with van der Waals surface area (Å²) in [5.74, 6) is 1.20. The first-order valence-electron chi connectivity index (χ1n) is 16.5. The summed E-state index contributed by atoms with van der Waals surface area (Å²) < 4.78 is 2.53. The Bertz CT molecular complexity index is 1790. The SMILES string of the molecule is Cc1nc2ccccc2n1C1C[C@H]2CC[C@@H](C1)N2CCC1(c2ccccc2)CCN(C(=O)c2ccc3ccccc3n2)CC1. The third-order valence-corrected chi connectivity index (χ3v) is 11.1. The maximum Gasteiger partial charge on any atom is 0.272 e. The highest BCUT2D eigenvalue weighted by molar-refractivity contribution is 5.95. The largest absolute Gasteiger partial charge is 0.337 e. The molecule has 0 N–H and O–H groups in total. The van der Waals surface area contributed by atoms with Crippen molar-refractivity contribution in [2.45, 2.75) is 75.4 Å². The van der Waals surface area contributed by atoms with Gasteiger partial charge in [0.05, 0.1) is 16.6 Å². The van der Waals surface area contributed by atoms with Gasteiger partial charge in [-0.25, -0.2) is 9.97 Å². The standard InChI is InChI=1S/C38H41N5O/c1-27-39-34-13-7-8-14-36(34)43(27)32-25-30-16-17-31(26-32)42(30)24-21-38(29-10-3-2-4-11-29)19-22-41(23-20-38)37(44)35-18-15-28-9-5-6-12-33(28)40-35/h2-15,18,30-32H,16-17,19-26H2,1H3/t30-,31+,32?. The van der Waals surface area contributed by atoms with Crippen molar-refractivity contribution in [1.29, 1.82) is 0 Å². The number of imidazole rings is 1. The van der Waals surface area contributed by atoms with E-state index in [2.05, 4.69) is 71.0 Å². The fraction of sp³-hybridized carbons (Fsp3) is 0.395. The van der Waals surface area contributed by atoms with Gasteiger partial charge in [0.1, 0.15) is 11.5 Å². The predicted octanol–water partition coefficient (Wildman–Crippen LogP) is 7.33. The maximum atomic E-state index is 13.6. The lowest BCUT2D eigenvalue weighted by molar-refractivity contribution is 0.0602. The smallest absolute Gasteiger partial charge is 0.272 e. The minimum Gasteiger partial charge on any atom is -0.337 e. The highest BCUT2D eigenvalue weighted by atomic mass is 16.2. The molecule has 5 heterocycles. The van der Waals surface area contributed by atoms with Crippen LogP contribution in [0.1, 0.15) is 72.9 Å². The first kappa shape index (κ1) is 27.5. The molecule has 224 valence electrons. The molecular formula is C38H41N5O. The van der Waals surface area contributed by atoms with E-state index in [1.54, 1.807) is 0 Å². The first-order chi connectivity index (χ1) is 21.6. The Morgan fingerprint density at radius 1 is 0.773 bits per heavy atom. The molecule has 3 saturated heterocycles. The second kappa shape index (κ2) is 11.2. The third-order valence-electron chi connectivity index (χ3n) is 11.1. The van der Waals surface area contributed by atoms with E-state index >= 15 is 0 Å². The van der Waals surface area contributed by atoms with Crippen LogP contribution in [0.4, 0.5) is 0 Å². The second-order valence-electron chi connectivity index (χ2n) is 13.3. The number of pyridine rings is 1. The molecule has 44 heavy (non-hydrogen) atoms. The Hall–Kier alpha value is -4.03. The van der Waals surface area contributed by atoms with Crippen molar-refractivity contribution < 1.29 is 4.79 Å². The van der Waals surface area contributed by atoms with Crippen molar-refractivity contribution in [3.8, 4) is 0 Å². The Kier molecular flexibility index (Phi) is 6.98. The van der Waals surface area contributed by atoms with Crippen LogP contribution in [0.3, 0.4) is 0 Å². The molecule has 0 saturated carbocycles. The highest BCUT2D eigenvalue weighted by Gasteiger charge is 2.44. The molecule has 1 amide bonds. The van der Waals surface area contributed by atoms with Gasteiger partial charge in [0.15, 0.2) is 0 Å². The zero-order valence-electron chi connectivity index (χ0n) is 25.6. The summed E-state index contributed by atoms with van der Waals surface area (Å²) in [6.07, 6.45) is 8.12. The van der Waals surface area contributed by atoms with Crippen LogP contribution in [0.2, 0.25) is 0 Å². The van der Waals surface area contributed by atoms with E-state index < -0.39 is 0 Å². The molecule has 6 heteroatoms. The average molecular weight is 584 g/mol. The lowest BCUT2D eigenvalue weighted by Gasteiger charge is -2.45. The van der Waals surface area contributed by atoms with Gasteiger partial charge in [-0.3, -0.25) is 9.69 Å². The number of piperidine rings is 2. The molecule has 0 radical (unpaired) electrons. The summed E-state index contributed by atoms with van der Waals surface area (Å²) in [5.41, 5.74) is 5.35.